The topological polar surface area (TPSA) is 86.4 Å². The number of aromatic nitrogens is 2. The number of carbonyl (C=O) groups is 1. The van der Waals surface area contributed by atoms with Crippen molar-refractivity contribution in [1.82, 2.24) is 19.4 Å². The van der Waals surface area contributed by atoms with E-state index in [4.69, 9.17) is 0 Å². The highest BCUT2D eigenvalue weighted by Gasteiger charge is 2.31. The van der Waals surface area contributed by atoms with E-state index in [0.29, 0.717) is 50.4 Å². The number of hydrogen-bond donors (Lipinski definition) is 1. The Balaban J connectivity index is 1.69. The van der Waals surface area contributed by atoms with Crippen LogP contribution in [-0.4, -0.2) is 59.9 Å². The number of nitrogens with zero attached hydrogens (tertiary/aromatic N) is 3. The second-order valence-corrected chi connectivity index (χ2v) is 8.94. The van der Waals surface area contributed by atoms with Gasteiger partial charge in [0.2, 0.25) is 15.9 Å². The fourth-order valence-electron chi connectivity index (χ4n) is 3.54. The van der Waals surface area contributed by atoms with E-state index in [0.717, 1.165) is 11.1 Å². The molecule has 146 valence electrons. The maximum absolute atomic E-state index is 13.0. The molecule has 2 aromatic rings. The second-order valence-electron chi connectivity index (χ2n) is 7.07. The van der Waals surface area contributed by atoms with E-state index in [9.17, 15) is 13.2 Å². The molecule has 1 aliphatic rings. The quantitative estimate of drug-likeness (QED) is 0.862. The Morgan fingerprint density at radius 2 is 1.93 bits per heavy atom. The molecular formula is C19H26N4O3S. The summed E-state index contributed by atoms with van der Waals surface area (Å²) in [6.45, 7) is 7.07. The summed E-state index contributed by atoms with van der Waals surface area (Å²) in [6, 6.07) is 7.91. The monoisotopic (exact) mass is 390 g/mol. The summed E-state index contributed by atoms with van der Waals surface area (Å²) < 4.78 is 27.5. The predicted molar refractivity (Wildman–Crippen MR) is 103 cm³/mol. The van der Waals surface area contributed by atoms with E-state index in [1.807, 2.05) is 31.2 Å². The molecule has 3 rings (SSSR count). The summed E-state index contributed by atoms with van der Waals surface area (Å²) >= 11 is 0. The van der Waals surface area contributed by atoms with Gasteiger partial charge in [0, 0.05) is 26.2 Å². The van der Waals surface area contributed by atoms with Crippen molar-refractivity contribution in [2.75, 3.05) is 26.2 Å². The van der Waals surface area contributed by atoms with Gasteiger partial charge in [0.15, 0.2) is 0 Å². The molecule has 0 bridgehead atoms. The summed E-state index contributed by atoms with van der Waals surface area (Å²) in [5.74, 6) is 0.0375. The van der Waals surface area contributed by atoms with Crippen LogP contribution in [0.4, 0.5) is 0 Å². The molecule has 0 unspecified atom stereocenters. The Hall–Kier alpha value is -2.19. The molecule has 1 saturated heterocycles. The number of aromatic amines is 1. The van der Waals surface area contributed by atoms with E-state index < -0.39 is 10.0 Å². The molecule has 1 N–H and O–H groups in total. The van der Waals surface area contributed by atoms with E-state index in [1.54, 1.807) is 18.7 Å². The summed E-state index contributed by atoms with van der Waals surface area (Å²) in [4.78, 5) is 14.7. The third kappa shape index (κ3) is 4.22. The van der Waals surface area contributed by atoms with Gasteiger partial charge in [-0.1, -0.05) is 29.8 Å². The molecule has 1 amide bonds. The summed E-state index contributed by atoms with van der Waals surface area (Å²) in [5.41, 5.74) is 3.13. The molecule has 1 aliphatic heterocycles. The fraction of sp³-hybridized carbons (Fsp3) is 0.474. The van der Waals surface area contributed by atoms with Crippen molar-refractivity contribution in [3.05, 3.63) is 46.8 Å². The van der Waals surface area contributed by atoms with E-state index >= 15 is 0 Å². The van der Waals surface area contributed by atoms with Crippen molar-refractivity contribution in [3.8, 4) is 0 Å². The molecule has 0 atom stereocenters. The minimum Gasteiger partial charge on any atom is -0.341 e. The Kier molecular flexibility index (Phi) is 5.67. The van der Waals surface area contributed by atoms with E-state index in [1.165, 1.54) is 4.31 Å². The van der Waals surface area contributed by atoms with Crippen LogP contribution in [0.1, 0.15) is 28.9 Å². The van der Waals surface area contributed by atoms with Gasteiger partial charge in [-0.25, -0.2) is 8.42 Å². The molecule has 2 heterocycles. The molecule has 0 aliphatic carbocycles. The largest absolute Gasteiger partial charge is 0.341 e. The molecule has 27 heavy (non-hydrogen) atoms. The zero-order valence-corrected chi connectivity index (χ0v) is 16.8. The van der Waals surface area contributed by atoms with Gasteiger partial charge >= 0.3 is 0 Å². The van der Waals surface area contributed by atoms with Crippen LogP contribution in [-0.2, 0) is 21.2 Å². The second kappa shape index (κ2) is 7.82. The van der Waals surface area contributed by atoms with Gasteiger partial charge in [-0.3, -0.25) is 9.89 Å². The lowest BCUT2D eigenvalue weighted by molar-refractivity contribution is -0.130. The van der Waals surface area contributed by atoms with Crippen LogP contribution >= 0.6 is 0 Å². The van der Waals surface area contributed by atoms with Gasteiger partial charge in [0.1, 0.15) is 4.90 Å². The average molecular weight is 391 g/mol. The standard InChI is InChI=1S/C19H26N4O3S/c1-14-6-4-7-17(12-14)13-18(24)22-8-5-9-23(11-10-22)27(25,26)19-15(2)20-21-16(19)3/h4,6-7,12H,5,8-11,13H2,1-3H3,(H,20,21). The zero-order valence-electron chi connectivity index (χ0n) is 16.0. The van der Waals surface area contributed by atoms with E-state index in [-0.39, 0.29) is 10.8 Å². The Labute approximate surface area is 160 Å². The van der Waals surface area contributed by atoms with E-state index in [2.05, 4.69) is 10.2 Å². The maximum Gasteiger partial charge on any atom is 0.246 e. The Morgan fingerprint density at radius 1 is 1.15 bits per heavy atom. The van der Waals surface area contributed by atoms with Crippen LogP contribution in [0.15, 0.2) is 29.2 Å². The number of H-pyrrole nitrogens is 1. The summed E-state index contributed by atoms with van der Waals surface area (Å²) in [5, 5.41) is 6.74. The summed E-state index contributed by atoms with van der Waals surface area (Å²) in [7, 11) is -3.62. The molecule has 7 nitrogen and oxygen atoms in total. The molecule has 1 fully saturated rings. The first-order chi connectivity index (χ1) is 12.8. The number of sulfonamides is 1. The highest BCUT2D eigenvalue weighted by molar-refractivity contribution is 7.89. The van der Waals surface area contributed by atoms with Gasteiger partial charge < -0.3 is 4.90 Å². The fourth-order valence-corrected chi connectivity index (χ4v) is 5.34. The van der Waals surface area contributed by atoms with Crippen LogP contribution in [0.25, 0.3) is 0 Å². The molecule has 0 spiro atoms. The molecule has 8 heteroatoms. The predicted octanol–water partition coefficient (Wildman–Crippen LogP) is 1.80. The van der Waals surface area contributed by atoms with Gasteiger partial charge in [-0.15, -0.1) is 0 Å². The molecule has 1 aromatic heterocycles. The van der Waals surface area contributed by atoms with Gasteiger partial charge in [-0.05, 0) is 32.8 Å². The molecular weight excluding hydrogens is 364 g/mol. The van der Waals surface area contributed by atoms with Gasteiger partial charge in [0.25, 0.3) is 0 Å². The highest BCUT2D eigenvalue weighted by Crippen LogP contribution is 2.23. The number of rotatable bonds is 4. The van der Waals surface area contributed by atoms with Crippen molar-refractivity contribution < 1.29 is 13.2 Å². The minimum atomic E-state index is -3.62. The minimum absolute atomic E-state index is 0.0375. The first-order valence-electron chi connectivity index (χ1n) is 9.14. The first kappa shape index (κ1) is 19.6. The van der Waals surface area contributed by atoms with Crippen LogP contribution < -0.4 is 0 Å². The lowest BCUT2D eigenvalue weighted by atomic mass is 10.1. The lowest BCUT2D eigenvalue weighted by Gasteiger charge is -2.22. The Morgan fingerprint density at radius 3 is 2.59 bits per heavy atom. The number of aryl methyl sites for hydroxylation is 3. The van der Waals surface area contributed by atoms with Crippen LogP contribution in [0.3, 0.4) is 0 Å². The normalized spacial score (nSPS) is 16.3. The highest BCUT2D eigenvalue weighted by atomic mass is 32.2. The van der Waals surface area contributed by atoms with Gasteiger partial charge in [-0.2, -0.15) is 9.40 Å². The number of benzene rings is 1. The van der Waals surface area contributed by atoms with Crippen molar-refractivity contribution in [2.24, 2.45) is 0 Å². The number of hydrogen-bond acceptors (Lipinski definition) is 4. The average Bonchev–Trinajstić information content (AvgIpc) is 2.82. The third-order valence-electron chi connectivity index (χ3n) is 4.90. The molecule has 0 radical (unpaired) electrons. The first-order valence-corrected chi connectivity index (χ1v) is 10.6. The number of carbonyl (C=O) groups excluding carboxylic acids is 1. The SMILES string of the molecule is Cc1cccc(CC(=O)N2CCCN(S(=O)(=O)c3c(C)n[nH]c3C)CC2)c1. The van der Waals surface area contributed by atoms with Crippen molar-refractivity contribution in [2.45, 2.75) is 38.5 Å². The molecule has 1 aromatic carbocycles. The Bertz CT molecular complexity index is 917. The number of nitrogens with one attached hydrogen (secondary N) is 1. The third-order valence-corrected chi connectivity index (χ3v) is 7.07. The van der Waals surface area contributed by atoms with Crippen LogP contribution in [0.2, 0.25) is 0 Å². The van der Waals surface area contributed by atoms with Crippen molar-refractivity contribution >= 4 is 15.9 Å². The lowest BCUT2D eigenvalue weighted by Crippen LogP contribution is -2.38. The molecule has 0 saturated carbocycles. The van der Waals surface area contributed by atoms with Gasteiger partial charge in [0.05, 0.1) is 17.8 Å². The van der Waals surface area contributed by atoms with Crippen molar-refractivity contribution in [3.63, 3.8) is 0 Å². The smallest absolute Gasteiger partial charge is 0.246 e. The number of amides is 1. The van der Waals surface area contributed by atoms with Crippen LogP contribution in [0, 0.1) is 20.8 Å². The van der Waals surface area contributed by atoms with Crippen molar-refractivity contribution in [1.29, 1.82) is 0 Å². The maximum atomic E-state index is 13.0. The van der Waals surface area contributed by atoms with Crippen LogP contribution in [0.5, 0.6) is 0 Å². The summed E-state index contributed by atoms with van der Waals surface area (Å²) in [6.07, 6.45) is 0.961. The zero-order chi connectivity index (χ0) is 19.6.